The maximum atomic E-state index is 12.2. The molecule has 0 unspecified atom stereocenters. The zero-order chi connectivity index (χ0) is 25.5. The second-order valence-electron chi connectivity index (χ2n) is 8.24. The van der Waals surface area contributed by atoms with Gasteiger partial charge in [-0.1, -0.05) is 50.6 Å². The van der Waals surface area contributed by atoms with Gasteiger partial charge in [0.05, 0.1) is 6.54 Å². The number of benzene rings is 2. The number of carboxylic acids is 1. The summed E-state index contributed by atoms with van der Waals surface area (Å²) in [6.45, 7) is 4.52. The molecule has 0 aliphatic carbocycles. The number of rotatable bonds is 10. The number of fused-ring (bicyclic) bond motifs is 1. The van der Waals surface area contributed by atoms with E-state index < -0.39 is 29.5 Å². The van der Waals surface area contributed by atoms with E-state index in [2.05, 4.69) is 10.6 Å². The summed E-state index contributed by atoms with van der Waals surface area (Å²) >= 11 is 0. The molecule has 1 aromatic heterocycles. The highest BCUT2D eigenvalue weighted by Crippen LogP contribution is 2.32. The van der Waals surface area contributed by atoms with Gasteiger partial charge in [-0.15, -0.1) is 0 Å². The molecule has 0 saturated heterocycles. The highest BCUT2D eigenvalue weighted by molar-refractivity contribution is 5.95. The van der Waals surface area contributed by atoms with Crippen LogP contribution in [0.4, 0.5) is 0 Å². The van der Waals surface area contributed by atoms with Gasteiger partial charge in [-0.25, -0.2) is 9.59 Å². The van der Waals surface area contributed by atoms with E-state index in [1.165, 1.54) is 6.07 Å². The van der Waals surface area contributed by atoms with Crippen molar-refractivity contribution in [3.63, 3.8) is 0 Å². The molecule has 0 fully saturated rings. The van der Waals surface area contributed by atoms with Crippen LogP contribution in [0, 0.1) is 12.8 Å². The van der Waals surface area contributed by atoms with Crippen LogP contribution in [0.25, 0.3) is 22.1 Å². The molecule has 2 amide bonds. The number of hydrogen-bond acceptors (Lipinski definition) is 6. The van der Waals surface area contributed by atoms with Crippen molar-refractivity contribution in [3.05, 3.63) is 64.5 Å². The predicted molar refractivity (Wildman–Crippen MR) is 130 cm³/mol. The van der Waals surface area contributed by atoms with Crippen LogP contribution in [0.15, 0.2) is 57.7 Å². The minimum Gasteiger partial charge on any atom is -0.483 e. The smallest absolute Gasteiger partial charge is 0.336 e. The van der Waals surface area contributed by atoms with Crippen molar-refractivity contribution in [2.75, 3.05) is 13.2 Å². The molecule has 3 aromatic rings. The number of amides is 2. The second kappa shape index (κ2) is 11.3. The number of aliphatic carboxylic acids is 1. The molecule has 3 rings (SSSR count). The summed E-state index contributed by atoms with van der Waals surface area (Å²) in [6.07, 6.45) is 0.579. The Morgan fingerprint density at radius 1 is 1.09 bits per heavy atom. The normalized spacial score (nSPS) is 12.5. The Kier molecular flexibility index (Phi) is 8.25. The third kappa shape index (κ3) is 6.26. The molecule has 9 nitrogen and oxygen atoms in total. The van der Waals surface area contributed by atoms with Crippen LogP contribution in [-0.2, 0) is 14.4 Å². The first kappa shape index (κ1) is 25.5. The van der Waals surface area contributed by atoms with E-state index in [0.717, 1.165) is 16.5 Å². The molecule has 0 radical (unpaired) electrons. The fraction of sp³-hybridized carbons (Fsp3) is 0.308. The van der Waals surface area contributed by atoms with Gasteiger partial charge < -0.3 is 24.9 Å². The minimum absolute atomic E-state index is 0.256. The van der Waals surface area contributed by atoms with Gasteiger partial charge in [0.2, 0.25) is 5.91 Å². The topological polar surface area (TPSA) is 135 Å². The van der Waals surface area contributed by atoms with Crippen LogP contribution in [0.5, 0.6) is 5.75 Å². The molecular weight excluding hydrogens is 452 g/mol. The van der Waals surface area contributed by atoms with Crippen molar-refractivity contribution in [1.29, 1.82) is 0 Å². The summed E-state index contributed by atoms with van der Waals surface area (Å²) in [5.41, 5.74) is 2.01. The maximum Gasteiger partial charge on any atom is 0.336 e. The van der Waals surface area contributed by atoms with Crippen molar-refractivity contribution >= 4 is 28.8 Å². The number of nitrogens with one attached hydrogen (secondary N) is 2. The van der Waals surface area contributed by atoms with Gasteiger partial charge >= 0.3 is 11.6 Å². The first-order valence-electron chi connectivity index (χ1n) is 11.3. The molecule has 0 spiro atoms. The average Bonchev–Trinajstić information content (AvgIpc) is 2.85. The Hall–Kier alpha value is -4.14. The summed E-state index contributed by atoms with van der Waals surface area (Å²) in [5.74, 6) is -2.20. The molecule has 35 heavy (non-hydrogen) atoms. The lowest BCUT2D eigenvalue weighted by Gasteiger charge is -2.20. The molecule has 0 bridgehead atoms. The quantitative estimate of drug-likeness (QED) is 0.380. The van der Waals surface area contributed by atoms with Crippen LogP contribution in [-0.4, -0.2) is 42.1 Å². The van der Waals surface area contributed by atoms with Gasteiger partial charge in [0, 0.05) is 17.0 Å². The zero-order valence-electron chi connectivity index (χ0n) is 19.8. The van der Waals surface area contributed by atoms with E-state index >= 15 is 0 Å². The molecular formula is C26H28N2O7. The van der Waals surface area contributed by atoms with E-state index in [9.17, 15) is 24.3 Å². The average molecular weight is 481 g/mol. The van der Waals surface area contributed by atoms with Crippen molar-refractivity contribution in [2.24, 2.45) is 5.92 Å². The molecule has 3 N–H and O–H groups in total. The highest BCUT2D eigenvalue weighted by Gasteiger charge is 2.25. The van der Waals surface area contributed by atoms with Gasteiger partial charge in [-0.3, -0.25) is 9.59 Å². The minimum atomic E-state index is -1.13. The standard InChI is InChI=1S/C26H28N2O7/c1-4-15(2)24(26(32)33)28-21(29)13-27-22(30)14-34-20-11-10-18-19(17-8-6-5-7-9-17)12-23(31)35-25(18)16(20)3/h5-12,15,24H,4,13-14H2,1-3H3,(H,27,30)(H,28,29)(H,32,33)/t15-,24-/m1/s1. The van der Waals surface area contributed by atoms with Crippen molar-refractivity contribution in [2.45, 2.75) is 33.2 Å². The molecule has 1 heterocycles. The third-order valence-electron chi connectivity index (χ3n) is 5.80. The van der Waals surface area contributed by atoms with Crippen molar-refractivity contribution < 1.29 is 28.6 Å². The second-order valence-corrected chi connectivity index (χ2v) is 8.24. The van der Waals surface area contributed by atoms with Crippen LogP contribution in [0.1, 0.15) is 25.8 Å². The SMILES string of the molecule is CC[C@@H](C)[C@@H](NC(=O)CNC(=O)COc1ccc2c(-c3ccccc3)cc(=O)oc2c1C)C(=O)O. The van der Waals surface area contributed by atoms with Gasteiger partial charge in [-0.2, -0.15) is 0 Å². The fourth-order valence-corrected chi connectivity index (χ4v) is 3.64. The molecule has 2 aromatic carbocycles. The summed E-state index contributed by atoms with van der Waals surface area (Å²) in [5, 5.41) is 14.8. The van der Waals surface area contributed by atoms with Gasteiger partial charge in [0.15, 0.2) is 6.61 Å². The van der Waals surface area contributed by atoms with E-state index in [0.29, 0.717) is 23.3 Å². The molecule has 184 valence electrons. The Bertz CT molecular complexity index is 1280. The zero-order valence-corrected chi connectivity index (χ0v) is 19.8. The summed E-state index contributed by atoms with van der Waals surface area (Å²) in [7, 11) is 0. The molecule has 0 saturated carbocycles. The molecule has 9 heteroatoms. The van der Waals surface area contributed by atoms with Gasteiger partial charge in [0.1, 0.15) is 17.4 Å². The lowest BCUT2D eigenvalue weighted by molar-refractivity contribution is -0.143. The van der Waals surface area contributed by atoms with E-state index in [1.807, 2.05) is 37.3 Å². The maximum absolute atomic E-state index is 12.2. The van der Waals surface area contributed by atoms with Crippen LogP contribution in [0.3, 0.4) is 0 Å². The first-order valence-corrected chi connectivity index (χ1v) is 11.3. The Balaban J connectivity index is 1.66. The van der Waals surface area contributed by atoms with Gasteiger partial charge in [0.25, 0.3) is 5.91 Å². The van der Waals surface area contributed by atoms with Crippen LogP contribution in [0.2, 0.25) is 0 Å². The predicted octanol–water partition coefficient (Wildman–Crippen LogP) is 2.88. The number of ether oxygens (including phenoxy) is 1. The highest BCUT2D eigenvalue weighted by atomic mass is 16.5. The monoisotopic (exact) mass is 480 g/mol. The van der Waals surface area contributed by atoms with E-state index in [-0.39, 0.29) is 19.1 Å². The number of carboxylic acid groups (broad SMARTS) is 1. The number of carbonyl (C=O) groups is 3. The van der Waals surface area contributed by atoms with Crippen molar-refractivity contribution in [1.82, 2.24) is 10.6 Å². The van der Waals surface area contributed by atoms with E-state index in [4.69, 9.17) is 9.15 Å². The number of carbonyl (C=O) groups excluding carboxylic acids is 2. The summed E-state index contributed by atoms with van der Waals surface area (Å²) < 4.78 is 11.0. The Labute approximate surface area is 202 Å². The Morgan fingerprint density at radius 2 is 1.80 bits per heavy atom. The van der Waals surface area contributed by atoms with Crippen LogP contribution < -0.4 is 21.0 Å². The molecule has 0 aliphatic rings. The Morgan fingerprint density at radius 3 is 2.46 bits per heavy atom. The number of aryl methyl sites for hydroxylation is 1. The summed E-state index contributed by atoms with van der Waals surface area (Å²) in [6, 6.07) is 13.3. The first-order chi connectivity index (χ1) is 16.7. The molecule has 0 aliphatic heterocycles. The summed E-state index contributed by atoms with van der Waals surface area (Å²) in [4.78, 5) is 47.8. The van der Waals surface area contributed by atoms with Crippen molar-refractivity contribution in [3.8, 4) is 16.9 Å². The largest absolute Gasteiger partial charge is 0.483 e. The van der Waals surface area contributed by atoms with Crippen LogP contribution >= 0.6 is 0 Å². The fourth-order valence-electron chi connectivity index (χ4n) is 3.64. The number of hydrogen-bond donors (Lipinski definition) is 3. The lowest BCUT2D eigenvalue weighted by Crippen LogP contribution is -2.48. The van der Waals surface area contributed by atoms with E-state index in [1.54, 1.807) is 26.0 Å². The van der Waals surface area contributed by atoms with Gasteiger partial charge in [-0.05, 0) is 36.1 Å². The lowest BCUT2D eigenvalue weighted by atomic mass is 9.99. The third-order valence-corrected chi connectivity index (χ3v) is 5.80. The molecule has 2 atom stereocenters.